The Hall–Kier alpha value is -2.41. The van der Waals surface area contributed by atoms with Crippen LogP contribution in [0.1, 0.15) is 25.1 Å². The van der Waals surface area contributed by atoms with E-state index in [0.717, 1.165) is 11.3 Å². The molecule has 1 aromatic carbocycles. The molecule has 1 heterocycles. The molecule has 2 rings (SSSR count). The molecule has 0 N–H and O–H groups in total. The Morgan fingerprint density at radius 3 is 2.52 bits per heavy atom. The first-order valence-electron chi connectivity index (χ1n) is 7.11. The highest BCUT2D eigenvalue weighted by Gasteiger charge is 2.02. The highest BCUT2D eigenvalue weighted by molar-refractivity contribution is 5.78. The molecule has 0 spiro atoms. The summed E-state index contributed by atoms with van der Waals surface area (Å²) in [5, 5.41) is 0. The van der Waals surface area contributed by atoms with Crippen LogP contribution in [-0.2, 0) is 0 Å². The lowest BCUT2D eigenvalue weighted by Gasteiger charge is -2.07. The van der Waals surface area contributed by atoms with Crippen molar-refractivity contribution in [1.29, 1.82) is 0 Å². The molecule has 0 bridgehead atoms. The first-order valence-corrected chi connectivity index (χ1v) is 7.11. The van der Waals surface area contributed by atoms with E-state index in [1.54, 1.807) is 0 Å². The Morgan fingerprint density at radius 1 is 1.10 bits per heavy atom. The Bertz CT molecular complexity index is 684. The van der Waals surface area contributed by atoms with Crippen molar-refractivity contribution in [3.8, 4) is 11.1 Å². The van der Waals surface area contributed by atoms with E-state index in [1.165, 1.54) is 22.3 Å². The van der Waals surface area contributed by atoms with E-state index in [-0.39, 0.29) is 0 Å². The molecule has 0 amide bonds. The van der Waals surface area contributed by atoms with Crippen LogP contribution in [0.4, 0.5) is 0 Å². The van der Waals surface area contributed by atoms with Gasteiger partial charge >= 0.3 is 0 Å². The molecule has 0 fully saturated rings. The monoisotopic (exact) mass is 275 g/mol. The predicted molar refractivity (Wildman–Crippen MR) is 92.0 cm³/mol. The van der Waals surface area contributed by atoms with Crippen LogP contribution in [0.2, 0.25) is 0 Å². The SMILES string of the molecule is C=C/C=C(\C=C(C)C)c1cccc(-c2ccc(C)nc2)c1. The first-order chi connectivity index (χ1) is 10.1. The minimum Gasteiger partial charge on any atom is -0.261 e. The summed E-state index contributed by atoms with van der Waals surface area (Å²) in [6.45, 7) is 10.0. The summed E-state index contributed by atoms with van der Waals surface area (Å²) in [6.07, 6.45) is 7.97. The molecule has 0 aliphatic rings. The van der Waals surface area contributed by atoms with Gasteiger partial charge < -0.3 is 0 Å². The first kappa shape index (κ1) is 15.0. The number of nitrogens with zero attached hydrogens (tertiary/aromatic N) is 1. The standard InChI is InChI=1S/C20H21N/c1-5-7-17(12-15(2)3)18-8-6-9-19(13-18)20-11-10-16(4)21-14-20/h5-14H,1H2,2-4H3/b17-7+. The fourth-order valence-corrected chi connectivity index (χ4v) is 2.18. The van der Waals surface area contributed by atoms with Gasteiger partial charge in [-0.3, -0.25) is 4.98 Å². The lowest BCUT2D eigenvalue weighted by molar-refractivity contribution is 1.20. The third-order valence-electron chi connectivity index (χ3n) is 3.18. The molecule has 1 heteroatoms. The molecule has 0 aliphatic heterocycles. The molecular weight excluding hydrogens is 254 g/mol. The van der Waals surface area contributed by atoms with Crippen LogP contribution in [0, 0.1) is 6.92 Å². The maximum atomic E-state index is 4.37. The molecule has 0 radical (unpaired) electrons. The lowest BCUT2D eigenvalue weighted by Crippen LogP contribution is -1.86. The predicted octanol–water partition coefficient (Wildman–Crippen LogP) is 5.59. The zero-order valence-corrected chi connectivity index (χ0v) is 12.9. The van der Waals surface area contributed by atoms with E-state index in [2.05, 4.69) is 61.8 Å². The van der Waals surface area contributed by atoms with Gasteiger partial charge in [-0.1, -0.05) is 54.6 Å². The average molecular weight is 275 g/mol. The highest BCUT2D eigenvalue weighted by atomic mass is 14.7. The van der Waals surface area contributed by atoms with Gasteiger partial charge in [0, 0.05) is 17.5 Å². The molecule has 0 saturated carbocycles. The van der Waals surface area contributed by atoms with E-state index < -0.39 is 0 Å². The van der Waals surface area contributed by atoms with Gasteiger partial charge in [-0.15, -0.1) is 0 Å². The Balaban J connectivity index is 2.45. The summed E-state index contributed by atoms with van der Waals surface area (Å²) in [5.41, 5.74) is 6.98. The average Bonchev–Trinajstić information content (AvgIpc) is 2.47. The molecule has 21 heavy (non-hydrogen) atoms. The van der Waals surface area contributed by atoms with Crippen molar-refractivity contribution < 1.29 is 0 Å². The fourth-order valence-electron chi connectivity index (χ4n) is 2.18. The number of allylic oxidation sites excluding steroid dienone is 5. The van der Waals surface area contributed by atoms with Crippen molar-refractivity contribution in [2.45, 2.75) is 20.8 Å². The van der Waals surface area contributed by atoms with Crippen LogP contribution in [0.25, 0.3) is 16.7 Å². The van der Waals surface area contributed by atoms with Crippen molar-refractivity contribution in [2.75, 3.05) is 0 Å². The molecule has 0 unspecified atom stereocenters. The van der Waals surface area contributed by atoms with Gasteiger partial charge in [0.1, 0.15) is 0 Å². The zero-order chi connectivity index (χ0) is 15.2. The van der Waals surface area contributed by atoms with E-state index in [9.17, 15) is 0 Å². The molecular formula is C20H21N. The Kier molecular flexibility index (Phi) is 4.89. The van der Waals surface area contributed by atoms with Gasteiger partial charge in [-0.2, -0.15) is 0 Å². The minimum absolute atomic E-state index is 1.03. The number of aryl methyl sites for hydroxylation is 1. The smallest absolute Gasteiger partial charge is 0.0373 e. The molecule has 106 valence electrons. The fraction of sp³-hybridized carbons (Fsp3) is 0.150. The molecule has 0 saturated heterocycles. The van der Waals surface area contributed by atoms with Gasteiger partial charge in [0.05, 0.1) is 0 Å². The van der Waals surface area contributed by atoms with Crippen LogP contribution in [0.3, 0.4) is 0 Å². The van der Waals surface area contributed by atoms with Crippen molar-refractivity contribution in [1.82, 2.24) is 4.98 Å². The number of hydrogen-bond acceptors (Lipinski definition) is 1. The third-order valence-corrected chi connectivity index (χ3v) is 3.18. The number of benzene rings is 1. The third kappa shape index (κ3) is 4.03. The second-order valence-corrected chi connectivity index (χ2v) is 5.35. The van der Waals surface area contributed by atoms with E-state index in [4.69, 9.17) is 0 Å². The normalized spacial score (nSPS) is 11.1. The largest absolute Gasteiger partial charge is 0.261 e. The highest BCUT2D eigenvalue weighted by Crippen LogP contribution is 2.25. The van der Waals surface area contributed by atoms with Crippen molar-refractivity contribution in [3.05, 3.63) is 84.2 Å². The molecule has 1 nitrogen and oxygen atoms in total. The van der Waals surface area contributed by atoms with E-state index in [1.807, 2.05) is 31.3 Å². The number of pyridine rings is 1. The molecule has 0 atom stereocenters. The summed E-state index contributed by atoms with van der Waals surface area (Å²) >= 11 is 0. The second kappa shape index (κ2) is 6.85. The summed E-state index contributed by atoms with van der Waals surface area (Å²) in [4.78, 5) is 4.37. The van der Waals surface area contributed by atoms with Gasteiger partial charge in [-0.05, 0) is 49.6 Å². The Labute approximate surface area is 127 Å². The summed E-state index contributed by atoms with van der Waals surface area (Å²) < 4.78 is 0. The van der Waals surface area contributed by atoms with E-state index >= 15 is 0 Å². The van der Waals surface area contributed by atoms with Crippen LogP contribution >= 0.6 is 0 Å². The quantitative estimate of drug-likeness (QED) is 0.662. The van der Waals surface area contributed by atoms with Crippen LogP contribution in [0.15, 0.2) is 73.0 Å². The zero-order valence-electron chi connectivity index (χ0n) is 12.9. The minimum atomic E-state index is 1.03. The summed E-state index contributed by atoms with van der Waals surface area (Å²) in [7, 11) is 0. The molecule has 1 aromatic heterocycles. The van der Waals surface area contributed by atoms with Gasteiger partial charge in [0.2, 0.25) is 0 Å². The summed E-state index contributed by atoms with van der Waals surface area (Å²) in [5.74, 6) is 0. The summed E-state index contributed by atoms with van der Waals surface area (Å²) in [6, 6.07) is 12.7. The van der Waals surface area contributed by atoms with Crippen LogP contribution < -0.4 is 0 Å². The van der Waals surface area contributed by atoms with Crippen LogP contribution in [0.5, 0.6) is 0 Å². The molecule has 0 aliphatic carbocycles. The van der Waals surface area contributed by atoms with Gasteiger partial charge in [0.15, 0.2) is 0 Å². The second-order valence-electron chi connectivity index (χ2n) is 5.35. The number of hydrogen-bond donors (Lipinski definition) is 0. The van der Waals surface area contributed by atoms with Crippen molar-refractivity contribution in [2.24, 2.45) is 0 Å². The van der Waals surface area contributed by atoms with Crippen molar-refractivity contribution >= 4 is 5.57 Å². The van der Waals surface area contributed by atoms with Crippen LogP contribution in [-0.4, -0.2) is 4.98 Å². The number of rotatable bonds is 4. The maximum absolute atomic E-state index is 4.37. The van der Waals surface area contributed by atoms with Crippen molar-refractivity contribution in [3.63, 3.8) is 0 Å². The van der Waals surface area contributed by atoms with Gasteiger partial charge in [0.25, 0.3) is 0 Å². The number of aromatic nitrogens is 1. The van der Waals surface area contributed by atoms with Gasteiger partial charge in [-0.25, -0.2) is 0 Å². The Morgan fingerprint density at radius 2 is 1.90 bits per heavy atom. The maximum Gasteiger partial charge on any atom is 0.0373 e. The van der Waals surface area contributed by atoms with E-state index in [0.29, 0.717) is 0 Å². The lowest BCUT2D eigenvalue weighted by atomic mass is 9.98. The molecule has 2 aromatic rings. The topological polar surface area (TPSA) is 12.9 Å².